The fraction of sp³-hybridized carbons (Fsp3) is 0.294. The molecule has 1 aromatic carbocycles. The van der Waals surface area contributed by atoms with Gasteiger partial charge in [0.15, 0.2) is 5.69 Å². The summed E-state index contributed by atoms with van der Waals surface area (Å²) in [4.78, 5) is 15.3. The number of nitrogens with one attached hydrogen (secondary N) is 1. The molecule has 0 aliphatic carbocycles. The molecule has 2 rings (SSSR count). The highest BCUT2D eigenvalue weighted by atomic mass is 19.4. The fourth-order valence-corrected chi connectivity index (χ4v) is 2.08. The van der Waals surface area contributed by atoms with E-state index in [0.717, 1.165) is 17.8 Å². The molecule has 128 valence electrons. The highest BCUT2D eigenvalue weighted by Crippen LogP contribution is 2.29. The van der Waals surface area contributed by atoms with Crippen LogP contribution in [0.25, 0.3) is 0 Å². The average Bonchev–Trinajstić information content (AvgIpc) is 2.52. The second-order valence-corrected chi connectivity index (χ2v) is 5.40. The normalized spacial score (nSPS) is 12.5. The van der Waals surface area contributed by atoms with E-state index >= 15 is 0 Å². The Balaban J connectivity index is 1.99. The van der Waals surface area contributed by atoms with Gasteiger partial charge >= 0.3 is 6.18 Å². The van der Waals surface area contributed by atoms with Crippen LogP contribution in [0, 0.1) is 6.92 Å². The molecule has 0 spiro atoms. The Morgan fingerprint density at radius 1 is 1.29 bits per heavy atom. The summed E-state index contributed by atoms with van der Waals surface area (Å²) in [5, 5.41) is 2.49. The lowest BCUT2D eigenvalue weighted by atomic mass is 10.1. The molecule has 1 unspecified atom stereocenters. The molecular formula is C17H17F3N2O2. The summed E-state index contributed by atoms with van der Waals surface area (Å²) in [5.41, 5.74) is -0.684. The molecule has 1 N–H and O–H groups in total. The number of aromatic nitrogens is 1. The van der Waals surface area contributed by atoms with Crippen LogP contribution in [-0.2, 0) is 6.18 Å². The van der Waals surface area contributed by atoms with Crippen LogP contribution in [0.5, 0.6) is 5.75 Å². The number of halogens is 3. The molecule has 0 aliphatic heterocycles. The second-order valence-electron chi connectivity index (χ2n) is 5.40. The van der Waals surface area contributed by atoms with Crippen molar-refractivity contribution in [3.05, 3.63) is 59.4 Å². The summed E-state index contributed by atoms with van der Waals surface area (Å²) in [6, 6.07) is 9.26. The first-order valence-electron chi connectivity index (χ1n) is 7.30. The van der Waals surface area contributed by atoms with Gasteiger partial charge in [-0.2, -0.15) is 13.2 Å². The minimum atomic E-state index is -4.69. The van der Waals surface area contributed by atoms with Gasteiger partial charge in [0.25, 0.3) is 5.91 Å². The van der Waals surface area contributed by atoms with Crippen molar-refractivity contribution >= 4 is 5.91 Å². The van der Waals surface area contributed by atoms with Crippen molar-refractivity contribution < 1.29 is 22.7 Å². The molecule has 1 heterocycles. The Morgan fingerprint density at radius 2 is 2.04 bits per heavy atom. The maximum atomic E-state index is 12.9. The van der Waals surface area contributed by atoms with Crippen molar-refractivity contribution in [2.45, 2.75) is 26.1 Å². The molecule has 0 radical (unpaired) electrons. The minimum absolute atomic E-state index is 0.136. The van der Waals surface area contributed by atoms with Gasteiger partial charge in [0.1, 0.15) is 12.4 Å². The molecule has 0 saturated carbocycles. The van der Waals surface area contributed by atoms with Gasteiger partial charge in [0, 0.05) is 6.20 Å². The molecule has 1 amide bonds. The molecule has 1 atom stereocenters. The van der Waals surface area contributed by atoms with Crippen LogP contribution in [0.1, 0.15) is 28.5 Å². The maximum Gasteiger partial charge on any atom is 0.434 e. The number of benzene rings is 1. The van der Waals surface area contributed by atoms with Crippen molar-refractivity contribution in [1.29, 1.82) is 0 Å². The molecular weight excluding hydrogens is 321 g/mol. The van der Waals surface area contributed by atoms with Gasteiger partial charge in [0.2, 0.25) is 0 Å². The summed E-state index contributed by atoms with van der Waals surface area (Å²) in [6.07, 6.45) is -3.68. The van der Waals surface area contributed by atoms with Crippen LogP contribution in [0.2, 0.25) is 0 Å². The Morgan fingerprint density at radius 3 is 2.71 bits per heavy atom. The fourth-order valence-electron chi connectivity index (χ4n) is 2.08. The molecule has 0 fully saturated rings. The Hall–Kier alpha value is -2.57. The first-order valence-corrected chi connectivity index (χ1v) is 7.30. The molecule has 7 heteroatoms. The largest absolute Gasteiger partial charge is 0.491 e. The zero-order valence-corrected chi connectivity index (χ0v) is 13.2. The number of nitrogens with zero attached hydrogens (tertiary/aromatic N) is 1. The van der Waals surface area contributed by atoms with Crippen molar-refractivity contribution in [3.8, 4) is 5.75 Å². The number of hydrogen-bond donors (Lipinski definition) is 1. The highest BCUT2D eigenvalue weighted by Gasteiger charge is 2.37. The van der Waals surface area contributed by atoms with Crippen LogP contribution in [0.3, 0.4) is 0 Å². The van der Waals surface area contributed by atoms with Crippen LogP contribution >= 0.6 is 0 Å². The number of ether oxygens (including phenoxy) is 1. The lowest BCUT2D eigenvalue weighted by molar-refractivity contribution is -0.141. The number of aryl methyl sites for hydroxylation is 1. The Bertz CT molecular complexity index is 717. The number of carbonyl (C=O) groups is 1. The third-order valence-electron chi connectivity index (χ3n) is 3.19. The standard InChI is InChI=1S/C17H17F3N2O2/c1-11-5-3-6-13(9-11)24-10-12(2)22-16(23)14-7-4-8-21-15(14)17(18,19)20/h3-9,12H,10H2,1-2H3,(H,22,23). The molecule has 1 aromatic heterocycles. The maximum absolute atomic E-state index is 12.9. The number of rotatable bonds is 5. The van der Waals surface area contributed by atoms with Crippen LogP contribution in [-0.4, -0.2) is 23.5 Å². The van der Waals surface area contributed by atoms with Crippen molar-refractivity contribution in [2.75, 3.05) is 6.61 Å². The highest BCUT2D eigenvalue weighted by molar-refractivity contribution is 5.95. The zero-order valence-electron chi connectivity index (χ0n) is 13.2. The lowest BCUT2D eigenvalue weighted by Gasteiger charge is -2.17. The van der Waals surface area contributed by atoms with Gasteiger partial charge < -0.3 is 10.1 Å². The van der Waals surface area contributed by atoms with E-state index in [9.17, 15) is 18.0 Å². The first kappa shape index (κ1) is 17.8. The summed E-state index contributed by atoms with van der Waals surface area (Å²) in [5.74, 6) is -0.204. The quantitative estimate of drug-likeness (QED) is 0.906. The van der Waals surface area contributed by atoms with Gasteiger partial charge in [-0.25, -0.2) is 0 Å². The van der Waals surface area contributed by atoms with Gasteiger partial charge in [-0.1, -0.05) is 12.1 Å². The third kappa shape index (κ3) is 4.71. The molecule has 4 nitrogen and oxygen atoms in total. The van der Waals surface area contributed by atoms with Gasteiger partial charge in [0.05, 0.1) is 11.6 Å². The minimum Gasteiger partial charge on any atom is -0.491 e. The summed E-state index contributed by atoms with van der Waals surface area (Å²) < 4.78 is 44.2. The van der Waals surface area contributed by atoms with E-state index in [0.29, 0.717) is 5.75 Å². The Labute approximate surface area is 137 Å². The lowest BCUT2D eigenvalue weighted by Crippen LogP contribution is -2.37. The summed E-state index contributed by atoms with van der Waals surface area (Å²) >= 11 is 0. The Kier molecular flexibility index (Phi) is 5.43. The van der Waals surface area contributed by atoms with E-state index in [-0.39, 0.29) is 6.61 Å². The van der Waals surface area contributed by atoms with Gasteiger partial charge in [-0.15, -0.1) is 0 Å². The number of hydrogen-bond acceptors (Lipinski definition) is 3. The van der Waals surface area contributed by atoms with E-state index in [4.69, 9.17) is 4.74 Å². The zero-order chi connectivity index (χ0) is 17.7. The van der Waals surface area contributed by atoms with E-state index in [1.165, 1.54) is 6.07 Å². The van der Waals surface area contributed by atoms with Crippen LogP contribution in [0.15, 0.2) is 42.6 Å². The molecule has 2 aromatic rings. The molecule has 0 aliphatic rings. The van der Waals surface area contributed by atoms with E-state index in [2.05, 4.69) is 10.3 Å². The molecule has 0 saturated heterocycles. The summed E-state index contributed by atoms with van der Waals surface area (Å²) in [7, 11) is 0. The number of alkyl halides is 3. The smallest absolute Gasteiger partial charge is 0.434 e. The number of amides is 1. The predicted molar refractivity (Wildman–Crippen MR) is 82.8 cm³/mol. The van der Waals surface area contributed by atoms with Crippen molar-refractivity contribution in [2.24, 2.45) is 0 Å². The topological polar surface area (TPSA) is 51.2 Å². The van der Waals surface area contributed by atoms with Crippen LogP contribution < -0.4 is 10.1 Å². The molecule has 24 heavy (non-hydrogen) atoms. The van der Waals surface area contributed by atoms with Gasteiger partial charge in [-0.05, 0) is 43.7 Å². The summed E-state index contributed by atoms with van der Waals surface area (Å²) in [6.45, 7) is 3.70. The molecule has 0 bridgehead atoms. The van der Waals surface area contributed by atoms with Crippen LogP contribution in [0.4, 0.5) is 13.2 Å². The third-order valence-corrected chi connectivity index (χ3v) is 3.19. The first-order chi connectivity index (χ1) is 11.3. The monoisotopic (exact) mass is 338 g/mol. The average molecular weight is 338 g/mol. The van der Waals surface area contributed by atoms with Crippen molar-refractivity contribution in [1.82, 2.24) is 10.3 Å². The number of pyridine rings is 1. The van der Waals surface area contributed by atoms with Crippen molar-refractivity contribution in [3.63, 3.8) is 0 Å². The van der Waals surface area contributed by atoms with E-state index in [1.54, 1.807) is 13.0 Å². The van der Waals surface area contributed by atoms with E-state index < -0.39 is 29.4 Å². The van der Waals surface area contributed by atoms with E-state index in [1.807, 2.05) is 25.1 Å². The second kappa shape index (κ2) is 7.33. The SMILES string of the molecule is Cc1cccc(OCC(C)NC(=O)c2cccnc2C(F)(F)F)c1. The van der Waals surface area contributed by atoms with Gasteiger partial charge in [-0.3, -0.25) is 9.78 Å². The predicted octanol–water partition coefficient (Wildman–Crippen LogP) is 3.61. The number of carbonyl (C=O) groups excluding carboxylic acids is 1.